The average molecular weight is 268 g/mol. The van der Waals surface area contributed by atoms with E-state index in [9.17, 15) is 0 Å². The van der Waals surface area contributed by atoms with Gasteiger partial charge in [-0.25, -0.2) is 0 Å². The minimum atomic E-state index is 0.718. The van der Waals surface area contributed by atoms with Crippen LogP contribution in [0.4, 0.5) is 0 Å². The van der Waals surface area contributed by atoms with Crippen molar-refractivity contribution in [3.8, 4) is 0 Å². The Morgan fingerprint density at radius 3 is 2.21 bits per heavy atom. The fraction of sp³-hybridized carbons (Fsp3) is 1.00. The van der Waals surface area contributed by atoms with Crippen LogP contribution >= 0.6 is 0 Å². The van der Waals surface area contributed by atoms with Crippen LogP contribution in [-0.2, 0) is 0 Å². The highest BCUT2D eigenvalue weighted by molar-refractivity contribution is 4.82. The topological polar surface area (TPSA) is 15.3 Å². The summed E-state index contributed by atoms with van der Waals surface area (Å²) in [4.78, 5) is 2.59. The third-order valence-corrected chi connectivity index (χ3v) is 4.41. The van der Waals surface area contributed by atoms with Crippen LogP contribution < -0.4 is 5.32 Å². The molecule has 0 bridgehead atoms. The van der Waals surface area contributed by atoms with Gasteiger partial charge in [0.1, 0.15) is 0 Å². The van der Waals surface area contributed by atoms with Gasteiger partial charge in [0.15, 0.2) is 0 Å². The molecule has 2 nitrogen and oxygen atoms in total. The summed E-state index contributed by atoms with van der Waals surface area (Å²) in [5.41, 5.74) is 0. The molecule has 1 aliphatic heterocycles. The van der Waals surface area contributed by atoms with Crippen LogP contribution in [0.2, 0.25) is 0 Å². The number of nitrogens with zero attached hydrogens (tertiary/aromatic N) is 1. The van der Waals surface area contributed by atoms with Gasteiger partial charge >= 0.3 is 0 Å². The molecule has 2 heteroatoms. The molecule has 0 aromatic carbocycles. The molecule has 0 aromatic heterocycles. The summed E-state index contributed by atoms with van der Waals surface area (Å²) in [6.07, 6.45) is 12.7. The smallest absolute Gasteiger partial charge is 0.0207 e. The van der Waals surface area contributed by atoms with E-state index in [0.717, 1.165) is 12.1 Å². The Balaban J connectivity index is 1.84. The van der Waals surface area contributed by atoms with Crippen molar-refractivity contribution < 1.29 is 0 Å². The minimum absolute atomic E-state index is 0.718. The molecule has 1 rings (SSSR count). The lowest BCUT2D eigenvalue weighted by atomic mass is 10.1. The average Bonchev–Trinajstić information content (AvgIpc) is 2.86. The van der Waals surface area contributed by atoms with Gasteiger partial charge in [0.05, 0.1) is 0 Å². The number of likely N-dealkylation sites (tertiary alicyclic amines) is 1. The molecule has 1 saturated heterocycles. The van der Waals surface area contributed by atoms with E-state index < -0.39 is 0 Å². The molecule has 0 saturated carbocycles. The molecule has 0 amide bonds. The zero-order chi connectivity index (χ0) is 13.9. The molecular formula is C17H36N2. The Labute approximate surface area is 121 Å². The third kappa shape index (κ3) is 7.94. The molecule has 1 fully saturated rings. The van der Waals surface area contributed by atoms with Crippen LogP contribution in [-0.4, -0.2) is 36.6 Å². The van der Waals surface area contributed by atoms with Gasteiger partial charge in [-0.05, 0) is 39.8 Å². The summed E-state index contributed by atoms with van der Waals surface area (Å²) < 4.78 is 0. The van der Waals surface area contributed by atoms with Crippen molar-refractivity contribution in [2.24, 2.45) is 0 Å². The van der Waals surface area contributed by atoms with Gasteiger partial charge in [0.2, 0.25) is 0 Å². The lowest BCUT2D eigenvalue weighted by molar-refractivity contribution is 0.268. The first kappa shape index (κ1) is 17.0. The van der Waals surface area contributed by atoms with Gasteiger partial charge in [0, 0.05) is 18.6 Å². The van der Waals surface area contributed by atoms with E-state index in [1.165, 1.54) is 77.4 Å². The molecule has 1 heterocycles. The molecule has 0 aliphatic carbocycles. The predicted molar refractivity (Wildman–Crippen MR) is 85.7 cm³/mol. The van der Waals surface area contributed by atoms with E-state index in [0.29, 0.717) is 0 Å². The maximum absolute atomic E-state index is 3.74. The summed E-state index contributed by atoms with van der Waals surface area (Å²) in [7, 11) is 0. The Morgan fingerprint density at radius 1 is 1.00 bits per heavy atom. The van der Waals surface area contributed by atoms with Crippen molar-refractivity contribution in [1.82, 2.24) is 10.2 Å². The maximum Gasteiger partial charge on any atom is 0.0207 e. The van der Waals surface area contributed by atoms with E-state index >= 15 is 0 Å². The highest BCUT2D eigenvalue weighted by atomic mass is 15.2. The molecule has 114 valence electrons. The second-order valence-corrected chi connectivity index (χ2v) is 6.50. The molecule has 0 spiro atoms. The van der Waals surface area contributed by atoms with Crippen LogP contribution in [0.1, 0.15) is 78.6 Å². The molecule has 19 heavy (non-hydrogen) atoms. The van der Waals surface area contributed by atoms with Gasteiger partial charge in [-0.15, -0.1) is 0 Å². The quantitative estimate of drug-likeness (QED) is 0.565. The molecule has 1 aliphatic rings. The normalized spacial score (nSPS) is 20.5. The number of hydrogen-bond donors (Lipinski definition) is 1. The molecule has 1 unspecified atom stereocenters. The Kier molecular flexibility index (Phi) is 9.54. The molecule has 0 radical (unpaired) electrons. The highest BCUT2D eigenvalue weighted by Crippen LogP contribution is 2.12. The Bertz CT molecular complexity index is 203. The zero-order valence-electron chi connectivity index (χ0n) is 13.6. The fourth-order valence-corrected chi connectivity index (χ4v) is 2.99. The lowest BCUT2D eigenvalue weighted by Crippen LogP contribution is -2.35. The van der Waals surface area contributed by atoms with Crippen LogP contribution in [0.25, 0.3) is 0 Å². The second kappa shape index (κ2) is 10.7. The van der Waals surface area contributed by atoms with Gasteiger partial charge < -0.3 is 5.32 Å². The van der Waals surface area contributed by atoms with Crippen molar-refractivity contribution in [3.05, 3.63) is 0 Å². The first-order valence-corrected chi connectivity index (χ1v) is 8.71. The van der Waals surface area contributed by atoms with Gasteiger partial charge in [0.25, 0.3) is 0 Å². The van der Waals surface area contributed by atoms with Crippen molar-refractivity contribution in [3.63, 3.8) is 0 Å². The first-order chi connectivity index (χ1) is 9.24. The standard InChI is InChI=1S/C17H36N2/c1-4-5-6-7-8-9-10-11-13-18-17-12-14-19(15-17)16(2)3/h16-18H,4-15H2,1-3H3. The summed E-state index contributed by atoms with van der Waals surface area (Å²) in [6, 6.07) is 1.47. The monoisotopic (exact) mass is 268 g/mol. The van der Waals surface area contributed by atoms with E-state index in [1.54, 1.807) is 0 Å². The number of rotatable bonds is 11. The SMILES string of the molecule is CCCCCCCCCCNC1CCN(C(C)C)C1. The van der Waals surface area contributed by atoms with Crippen LogP contribution in [0.15, 0.2) is 0 Å². The summed E-state index contributed by atoms with van der Waals surface area (Å²) in [5.74, 6) is 0. The van der Waals surface area contributed by atoms with Gasteiger partial charge in [-0.3, -0.25) is 4.90 Å². The largest absolute Gasteiger partial charge is 0.313 e. The highest BCUT2D eigenvalue weighted by Gasteiger charge is 2.23. The minimum Gasteiger partial charge on any atom is -0.313 e. The molecule has 1 N–H and O–H groups in total. The Morgan fingerprint density at radius 2 is 1.63 bits per heavy atom. The van der Waals surface area contributed by atoms with Gasteiger partial charge in [-0.1, -0.05) is 51.9 Å². The zero-order valence-corrected chi connectivity index (χ0v) is 13.6. The Hall–Kier alpha value is -0.0800. The molecule has 0 aromatic rings. The predicted octanol–water partition coefficient (Wildman–Crippen LogP) is 4.20. The van der Waals surface area contributed by atoms with Crippen molar-refractivity contribution in [1.29, 1.82) is 0 Å². The fourth-order valence-electron chi connectivity index (χ4n) is 2.99. The number of nitrogens with one attached hydrogen (secondary N) is 1. The first-order valence-electron chi connectivity index (χ1n) is 8.71. The van der Waals surface area contributed by atoms with Crippen LogP contribution in [0.3, 0.4) is 0 Å². The van der Waals surface area contributed by atoms with E-state index in [-0.39, 0.29) is 0 Å². The summed E-state index contributed by atoms with van der Waals surface area (Å²) >= 11 is 0. The third-order valence-electron chi connectivity index (χ3n) is 4.41. The molecule has 1 atom stereocenters. The number of unbranched alkanes of at least 4 members (excludes halogenated alkanes) is 7. The van der Waals surface area contributed by atoms with Crippen molar-refractivity contribution in [2.45, 2.75) is 90.6 Å². The van der Waals surface area contributed by atoms with E-state index in [4.69, 9.17) is 0 Å². The number of hydrogen-bond acceptors (Lipinski definition) is 2. The van der Waals surface area contributed by atoms with Crippen LogP contribution in [0.5, 0.6) is 0 Å². The van der Waals surface area contributed by atoms with Crippen molar-refractivity contribution in [2.75, 3.05) is 19.6 Å². The molecular weight excluding hydrogens is 232 g/mol. The second-order valence-electron chi connectivity index (χ2n) is 6.50. The summed E-state index contributed by atoms with van der Waals surface area (Å²) in [5, 5.41) is 3.74. The van der Waals surface area contributed by atoms with E-state index in [1.807, 2.05) is 0 Å². The lowest BCUT2D eigenvalue weighted by Gasteiger charge is -2.20. The summed E-state index contributed by atoms with van der Waals surface area (Å²) in [6.45, 7) is 10.7. The van der Waals surface area contributed by atoms with Crippen LogP contribution in [0, 0.1) is 0 Å². The van der Waals surface area contributed by atoms with Gasteiger partial charge in [-0.2, -0.15) is 0 Å². The van der Waals surface area contributed by atoms with E-state index in [2.05, 4.69) is 31.0 Å². The van der Waals surface area contributed by atoms with Crippen molar-refractivity contribution >= 4 is 0 Å². The maximum atomic E-state index is 3.74.